The number of hydrogen-bond acceptors (Lipinski definition) is 3. The molecule has 2 aromatic rings. The Labute approximate surface area is 133 Å². The molecule has 1 aliphatic heterocycles. The van der Waals surface area contributed by atoms with Crippen molar-refractivity contribution in [1.82, 2.24) is 9.88 Å². The highest BCUT2D eigenvalue weighted by molar-refractivity contribution is 5.94. The van der Waals surface area contributed by atoms with E-state index in [0.29, 0.717) is 24.6 Å². The van der Waals surface area contributed by atoms with Crippen LogP contribution in [0.5, 0.6) is 0 Å². The summed E-state index contributed by atoms with van der Waals surface area (Å²) in [7, 11) is 0. The number of benzene rings is 1. The number of carbonyl (C=O) groups is 1. The van der Waals surface area contributed by atoms with Crippen molar-refractivity contribution in [3.63, 3.8) is 0 Å². The third-order valence-corrected chi connectivity index (χ3v) is 4.03. The first-order chi connectivity index (χ1) is 10.9. The number of aromatic nitrogens is 1. The van der Waals surface area contributed by atoms with Crippen LogP contribution in [-0.2, 0) is 13.0 Å². The summed E-state index contributed by atoms with van der Waals surface area (Å²) in [5, 5.41) is 0. The van der Waals surface area contributed by atoms with Gasteiger partial charge in [0, 0.05) is 18.9 Å². The zero-order valence-corrected chi connectivity index (χ0v) is 13.3. The number of oxazole rings is 1. The number of amides is 1. The van der Waals surface area contributed by atoms with Crippen LogP contribution in [0.15, 0.2) is 16.5 Å². The fourth-order valence-electron chi connectivity index (χ4n) is 2.62. The molecule has 0 radical (unpaired) electrons. The molecule has 2 heterocycles. The van der Waals surface area contributed by atoms with Crippen molar-refractivity contribution in [2.45, 2.75) is 39.7 Å². The summed E-state index contributed by atoms with van der Waals surface area (Å²) in [5.41, 5.74) is 0.628. The maximum Gasteiger partial charge on any atom is 0.257 e. The minimum absolute atomic E-state index is 0.161. The van der Waals surface area contributed by atoms with Crippen LogP contribution in [0.2, 0.25) is 0 Å². The smallest absolute Gasteiger partial charge is 0.257 e. The van der Waals surface area contributed by atoms with E-state index >= 15 is 0 Å². The van der Waals surface area contributed by atoms with E-state index in [-0.39, 0.29) is 23.6 Å². The standard InChI is InChI=1S/C17H18F2N2O2/c1-9(2)16-20-12-8-21(7-6-13(12)23-16)17(22)11-5-4-10(3)14(18)15(11)19/h4-5,9H,6-8H2,1-3H3. The Hall–Kier alpha value is -2.24. The zero-order chi connectivity index (χ0) is 16.7. The summed E-state index contributed by atoms with van der Waals surface area (Å²) in [4.78, 5) is 18.4. The van der Waals surface area contributed by atoms with Crippen LogP contribution in [0.4, 0.5) is 8.78 Å². The average molecular weight is 320 g/mol. The van der Waals surface area contributed by atoms with Crippen molar-refractivity contribution in [1.29, 1.82) is 0 Å². The van der Waals surface area contributed by atoms with Gasteiger partial charge in [0.15, 0.2) is 17.5 Å². The van der Waals surface area contributed by atoms with Crippen LogP contribution in [0.1, 0.15) is 53.0 Å². The van der Waals surface area contributed by atoms with E-state index in [9.17, 15) is 13.6 Å². The van der Waals surface area contributed by atoms with Crippen LogP contribution in [0.3, 0.4) is 0 Å². The molecule has 1 amide bonds. The first-order valence-corrected chi connectivity index (χ1v) is 7.60. The van der Waals surface area contributed by atoms with Crippen LogP contribution in [0.25, 0.3) is 0 Å². The van der Waals surface area contributed by atoms with Crippen LogP contribution >= 0.6 is 0 Å². The summed E-state index contributed by atoms with van der Waals surface area (Å²) in [6, 6.07) is 2.74. The van der Waals surface area contributed by atoms with Gasteiger partial charge >= 0.3 is 0 Å². The molecule has 1 aromatic carbocycles. The second-order valence-electron chi connectivity index (χ2n) is 6.11. The Morgan fingerprint density at radius 1 is 1.30 bits per heavy atom. The summed E-state index contributed by atoms with van der Waals surface area (Å²) >= 11 is 0. The lowest BCUT2D eigenvalue weighted by Gasteiger charge is -2.25. The quantitative estimate of drug-likeness (QED) is 0.849. The normalized spacial score (nSPS) is 14.3. The second kappa shape index (κ2) is 5.76. The van der Waals surface area contributed by atoms with Crippen LogP contribution in [-0.4, -0.2) is 22.3 Å². The van der Waals surface area contributed by atoms with Gasteiger partial charge in [-0.15, -0.1) is 0 Å². The van der Waals surface area contributed by atoms with E-state index < -0.39 is 17.5 Å². The Morgan fingerprint density at radius 3 is 2.74 bits per heavy atom. The molecule has 0 saturated carbocycles. The summed E-state index contributed by atoms with van der Waals surface area (Å²) < 4.78 is 33.4. The fraction of sp³-hybridized carbons (Fsp3) is 0.412. The number of hydrogen-bond donors (Lipinski definition) is 0. The highest BCUT2D eigenvalue weighted by atomic mass is 19.2. The highest BCUT2D eigenvalue weighted by Crippen LogP contribution is 2.25. The molecule has 6 heteroatoms. The van der Waals surface area contributed by atoms with Crippen molar-refractivity contribution in [3.05, 3.63) is 52.2 Å². The van der Waals surface area contributed by atoms with E-state index in [1.54, 1.807) is 0 Å². The van der Waals surface area contributed by atoms with Crippen molar-refractivity contribution >= 4 is 5.91 Å². The average Bonchev–Trinajstić information content (AvgIpc) is 2.95. The lowest BCUT2D eigenvalue weighted by Crippen LogP contribution is -2.36. The van der Waals surface area contributed by atoms with Crippen LogP contribution in [0, 0.1) is 18.6 Å². The molecule has 0 spiro atoms. The van der Waals surface area contributed by atoms with Gasteiger partial charge in [0.2, 0.25) is 0 Å². The Morgan fingerprint density at radius 2 is 2.04 bits per heavy atom. The molecule has 0 unspecified atom stereocenters. The molecule has 4 nitrogen and oxygen atoms in total. The van der Waals surface area contributed by atoms with E-state index in [2.05, 4.69) is 4.98 Å². The molecule has 122 valence electrons. The number of carbonyl (C=O) groups excluding carboxylic acids is 1. The zero-order valence-electron chi connectivity index (χ0n) is 13.3. The number of halogens is 2. The minimum Gasteiger partial charge on any atom is -0.445 e. The molecule has 1 aliphatic rings. The first kappa shape index (κ1) is 15.6. The van der Waals surface area contributed by atoms with E-state index in [1.807, 2.05) is 13.8 Å². The van der Waals surface area contributed by atoms with Gasteiger partial charge in [-0.3, -0.25) is 4.79 Å². The molecule has 0 saturated heterocycles. The highest BCUT2D eigenvalue weighted by Gasteiger charge is 2.28. The third kappa shape index (κ3) is 2.73. The van der Waals surface area contributed by atoms with E-state index in [1.165, 1.54) is 24.0 Å². The summed E-state index contributed by atoms with van der Waals surface area (Å²) in [6.07, 6.45) is 0.525. The van der Waals surface area contributed by atoms with Crippen molar-refractivity contribution in [2.24, 2.45) is 0 Å². The van der Waals surface area contributed by atoms with Gasteiger partial charge in [-0.1, -0.05) is 19.9 Å². The Bertz CT molecular complexity index is 768. The molecule has 3 rings (SSSR count). The maximum absolute atomic E-state index is 14.0. The van der Waals surface area contributed by atoms with Gasteiger partial charge < -0.3 is 9.32 Å². The predicted molar refractivity (Wildman–Crippen MR) is 80.1 cm³/mol. The number of rotatable bonds is 2. The molecule has 0 N–H and O–H groups in total. The van der Waals surface area contributed by atoms with E-state index in [0.717, 1.165) is 5.76 Å². The van der Waals surface area contributed by atoms with Crippen molar-refractivity contribution in [3.8, 4) is 0 Å². The van der Waals surface area contributed by atoms with Crippen molar-refractivity contribution < 1.29 is 18.0 Å². The SMILES string of the molecule is Cc1ccc(C(=O)N2CCc3oc(C(C)C)nc3C2)c(F)c1F. The van der Waals surface area contributed by atoms with Crippen LogP contribution < -0.4 is 0 Å². The summed E-state index contributed by atoms with van der Waals surface area (Å²) in [5.74, 6) is -1.03. The molecular formula is C17H18F2N2O2. The topological polar surface area (TPSA) is 46.3 Å². The van der Waals surface area contributed by atoms with E-state index in [4.69, 9.17) is 4.42 Å². The lowest BCUT2D eigenvalue weighted by molar-refractivity contribution is 0.0722. The van der Waals surface area contributed by atoms with Gasteiger partial charge in [0.25, 0.3) is 5.91 Å². The second-order valence-corrected chi connectivity index (χ2v) is 6.11. The van der Waals surface area contributed by atoms with Crippen molar-refractivity contribution in [2.75, 3.05) is 6.54 Å². The summed E-state index contributed by atoms with van der Waals surface area (Å²) in [6.45, 7) is 6.06. The molecule has 0 fully saturated rings. The predicted octanol–water partition coefficient (Wildman–Crippen LogP) is 3.58. The molecule has 23 heavy (non-hydrogen) atoms. The Kier molecular flexibility index (Phi) is 3.92. The minimum atomic E-state index is -1.09. The monoisotopic (exact) mass is 320 g/mol. The Balaban J connectivity index is 1.86. The largest absolute Gasteiger partial charge is 0.445 e. The molecule has 0 aliphatic carbocycles. The molecular weight excluding hydrogens is 302 g/mol. The number of fused-ring (bicyclic) bond motifs is 1. The van der Waals surface area contributed by atoms with Gasteiger partial charge in [-0.2, -0.15) is 0 Å². The molecule has 0 atom stereocenters. The first-order valence-electron chi connectivity index (χ1n) is 7.60. The van der Waals surface area contributed by atoms with Gasteiger partial charge in [-0.25, -0.2) is 13.8 Å². The van der Waals surface area contributed by atoms with Gasteiger partial charge in [0.05, 0.1) is 12.1 Å². The van der Waals surface area contributed by atoms with Gasteiger partial charge in [-0.05, 0) is 18.6 Å². The molecule has 0 bridgehead atoms. The molecule has 1 aromatic heterocycles. The lowest BCUT2D eigenvalue weighted by atomic mass is 10.1. The maximum atomic E-state index is 14.0. The third-order valence-electron chi connectivity index (χ3n) is 4.03. The van der Waals surface area contributed by atoms with Gasteiger partial charge in [0.1, 0.15) is 11.5 Å². The number of nitrogens with zero attached hydrogens (tertiary/aromatic N) is 2. The number of aryl methyl sites for hydroxylation is 1. The fourth-order valence-corrected chi connectivity index (χ4v) is 2.62.